The molecule has 7 heteroatoms. The molecule has 192 valence electrons. The van der Waals surface area contributed by atoms with Gasteiger partial charge in [0.15, 0.2) is 17.3 Å². The van der Waals surface area contributed by atoms with Crippen molar-refractivity contribution in [2.24, 2.45) is 11.8 Å². The molecule has 0 bridgehead atoms. The summed E-state index contributed by atoms with van der Waals surface area (Å²) in [7, 11) is 3.32. The van der Waals surface area contributed by atoms with Crippen molar-refractivity contribution in [3.8, 4) is 11.5 Å². The van der Waals surface area contributed by atoms with Gasteiger partial charge in [0.2, 0.25) is 0 Å². The maximum atomic E-state index is 13.4. The molecule has 3 fully saturated rings. The zero-order valence-electron chi connectivity index (χ0n) is 21.2. The Morgan fingerprint density at radius 1 is 0.917 bits per heavy atom. The summed E-state index contributed by atoms with van der Waals surface area (Å²) in [5.74, 6) is 2.36. The molecule has 5 rings (SSSR count). The third-order valence-corrected chi connectivity index (χ3v) is 8.09. The number of hydrogen-bond acceptors (Lipinski definition) is 5. The zero-order valence-corrected chi connectivity index (χ0v) is 21.2. The predicted molar refractivity (Wildman–Crippen MR) is 137 cm³/mol. The van der Waals surface area contributed by atoms with Crippen LogP contribution in [0.5, 0.6) is 11.5 Å². The van der Waals surface area contributed by atoms with Crippen molar-refractivity contribution in [1.82, 2.24) is 9.80 Å². The molecule has 0 unspecified atom stereocenters. The first-order valence-electron chi connectivity index (χ1n) is 13.0. The summed E-state index contributed by atoms with van der Waals surface area (Å²) in [6.45, 7) is 3.02. The van der Waals surface area contributed by atoms with E-state index in [4.69, 9.17) is 14.2 Å². The topological polar surface area (TPSA) is 68.3 Å². The van der Waals surface area contributed by atoms with Crippen LogP contribution in [0.25, 0.3) is 0 Å². The van der Waals surface area contributed by atoms with Gasteiger partial charge in [0.25, 0.3) is 0 Å². The van der Waals surface area contributed by atoms with Crippen LogP contribution < -0.4 is 9.47 Å². The minimum Gasteiger partial charge on any atom is -0.493 e. The van der Waals surface area contributed by atoms with E-state index in [2.05, 4.69) is 36.4 Å². The number of carbonyl (C=O) groups is 2. The molecule has 3 aliphatic rings. The van der Waals surface area contributed by atoms with Crippen molar-refractivity contribution in [3.63, 3.8) is 0 Å². The highest BCUT2D eigenvalue weighted by molar-refractivity contribution is 5.81. The van der Waals surface area contributed by atoms with Gasteiger partial charge < -0.3 is 24.0 Å². The van der Waals surface area contributed by atoms with E-state index >= 15 is 0 Å². The lowest BCUT2D eigenvalue weighted by Crippen LogP contribution is -2.54. The molecular formula is C29H36N2O5. The van der Waals surface area contributed by atoms with E-state index in [1.807, 2.05) is 21.9 Å². The molecule has 7 nitrogen and oxygen atoms in total. The van der Waals surface area contributed by atoms with Crippen LogP contribution in [0, 0.1) is 11.8 Å². The minimum atomic E-state index is 0.104. The van der Waals surface area contributed by atoms with Gasteiger partial charge in [-0.1, -0.05) is 36.4 Å². The van der Waals surface area contributed by atoms with Crippen LogP contribution in [0.1, 0.15) is 42.7 Å². The number of urea groups is 1. The van der Waals surface area contributed by atoms with Crippen molar-refractivity contribution in [2.45, 2.75) is 37.7 Å². The summed E-state index contributed by atoms with van der Waals surface area (Å²) in [4.78, 5) is 29.2. The van der Waals surface area contributed by atoms with Crippen molar-refractivity contribution in [1.29, 1.82) is 0 Å². The number of rotatable bonds is 5. The Morgan fingerprint density at radius 3 is 2.36 bits per heavy atom. The fourth-order valence-corrected chi connectivity index (χ4v) is 6.22. The lowest BCUT2D eigenvalue weighted by atomic mass is 9.76. The molecule has 2 amide bonds. The van der Waals surface area contributed by atoms with E-state index in [9.17, 15) is 9.59 Å². The number of likely N-dealkylation sites (tertiary alicyclic amines) is 2. The highest BCUT2D eigenvalue weighted by Gasteiger charge is 2.39. The zero-order chi connectivity index (χ0) is 25.1. The summed E-state index contributed by atoms with van der Waals surface area (Å²) < 4.78 is 16.8. The van der Waals surface area contributed by atoms with E-state index in [1.165, 1.54) is 11.1 Å². The summed E-state index contributed by atoms with van der Waals surface area (Å²) in [5.41, 5.74) is 2.48. The summed E-state index contributed by atoms with van der Waals surface area (Å²) >= 11 is 0. The van der Waals surface area contributed by atoms with Gasteiger partial charge in [0.05, 0.1) is 20.3 Å². The van der Waals surface area contributed by atoms with Gasteiger partial charge in [0, 0.05) is 44.4 Å². The van der Waals surface area contributed by atoms with Crippen LogP contribution in [-0.2, 0) is 9.53 Å². The monoisotopic (exact) mass is 492 g/mol. The first kappa shape index (κ1) is 24.6. The van der Waals surface area contributed by atoms with Gasteiger partial charge in [0.1, 0.15) is 6.61 Å². The Labute approximate surface area is 213 Å². The summed E-state index contributed by atoms with van der Waals surface area (Å²) in [6.07, 6.45) is 3.32. The molecule has 3 aliphatic heterocycles. The number of methoxy groups -OCH3 is 2. The number of hydrogen-bond donors (Lipinski definition) is 0. The first-order valence-corrected chi connectivity index (χ1v) is 13.0. The fourth-order valence-electron chi connectivity index (χ4n) is 6.22. The second-order valence-electron chi connectivity index (χ2n) is 10.2. The summed E-state index contributed by atoms with van der Waals surface area (Å²) in [5, 5.41) is 0. The number of ether oxygens (including phenoxy) is 3. The van der Waals surface area contributed by atoms with Gasteiger partial charge in [-0.05, 0) is 48.4 Å². The maximum absolute atomic E-state index is 13.4. The Bertz CT molecular complexity index is 1070. The molecule has 0 aromatic heterocycles. The SMILES string of the molecule is COc1ccc([C@H](c2ccccc2)C2CCN(C(=O)N3CC[C@@H]4OCC(=O)C[C@@H]4C3)CC2)cc1OC. The molecule has 0 spiro atoms. The average molecular weight is 493 g/mol. The minimum absolute atomic E-state index is 0.104. The van der Waals surface area contributed by atoms with Crippen LogP contribution in [-0.4, -0.2) is 74.7 Å². The molecule has 2 aromatic rings. The molecule has 0 N–H and O–H groups in total. The molecular weight excluding hydrogens is 456 g/mol. The Hall–Kier alpha value is -3.06. The van der Waals surface area contributed by atoms with Crippen molar-refractivity contribution in [3.05, 3.63) is 59.7 Å². The Morgan fingerprint density at radius 2 is 1.64 bits per heavy atom. The number of amides is 2. The second kappa shape index (κ2) is 10.9. The van der Waals surface area contributed by atoms with E-state index in [0.717, 1.165) is 43.9 Å². The van der Waals surface area contributed by atoms with Gasteiger partial charge >= 0.3 is 6.03 Å². The van der Waals surface area contributed by atoms with Crippen molar-refractivity contribution in [2.75, 3.05) is 47.0 Å². The molecule has 36 heavy (non-hydrogen) atoms. The number of nitrogens with zero attached hydrogens (tertiary/aromatic N) is 2. The van der Waals surface area contributed by atoms with Crippen LogP contribution in [0.3, 0.4) is 0 Å². The molecule has 0 saturated carbocycles. The molecule has 3 atom stereocenters. The number of fused-ring (bicyclic) bond motifs is 1. The largest absolute Gasteiger partial charge is 0.493 e. The molecule has 3 heterocycles. The van der Waals surface area contributed by atoms with Crippen LogP contribution in [0.15, 0.2) is 48.5 Å². The number of benzene rings is 2. The maximum Gasteiger partial charge on any atom is 0.320 e. The predicted octanol–water partition coefficient (Wildman–Crippen LogP) is 4.35. The van der Waals surface area contributed by atoms with Crippen molar-refractivity contribution < 1.29 is 23.8 Å². The smallest absolute Gasteiger partial charge is 0.320 e. The third kappa shape index (κ3) is 5.07. The highest BCUT2D eigenvalue weighted by atomic mass is 16.5. The van der Waals surface area contributed by atoms with E-state index in [0.29, 0.717) is 25.4 Å². The number of Topliss-reactive ketones (excluding diaryl/α,β-unsaturated/α-hetero) is 1. The van der Waals surface area contributed by atoms with Crippen LogP contribution in [0.4, 0.5) is 4.79 Å². The second-order valence-corrected chi connectivity index (χ2v) is 10.2. The molecule has 3 saturated heterocycles. The molecule has 0 aliphatic carbocycles. The molecule has 0 radical (unpaired) electrons. The van der Waals surface area contributed by atoms with Crippen LogP contribution in [0.2, 0.25) is 0 Å². The normalized spacial score (nSPS) is 23.7. The van der Waals surface area contributed by atoms with Crippen LogP contribution >= 0.6 is 0 Å². The molecule has 2 aromatic carbocycles. The average Bonchev–Trinajstić information content (AvgIpc) is 2.93. The quantitative estimate of drug-likeness (QED) is 0.621. The lowest BCUT2D eigenvalue weighted by molar-refractivity contribution is -0.140. The third-order valence-electron chi connectivity index (χ3n) is 8.09. The van der Waals surface area contributed by atoms with Gasteiger partial charge in [-0.15, -0.1) is 0 Å². The first-order chi connectivity index (χ1) is 17.6. The Kier molecular flexibility index (Phi) is 7.46. The summed E-state index contributed by atoms with van der Waals surface area (Å²) in [6, 6.07) is 16.9. The van der Waals surface area contributed by atoms with E-state index in [1.54, 1.807) is 14.2 Å². The van der Waals surface area contributed by atoms with Gasteiger partial charge in [-0.25, -0.2) is 4.79 Å². The number of ketones is 1. The number of carbonyl (C=O) groups excluding carboxylic acids is 2. The fraction of sp³-hybridized carbons (Fsp3) is 0.517. The van der Waals surface area contributed by atoms with E-state index < -0.39 is 0 Å². The standard InChI is InChI=1S/C29H36N2O5/c1-34-26-9-8-22(17-27(26)35-2)28(20-6-4-3-5-7-20)21-10-13-30(14-11-21)29(33)31-15-12-25-23(18-31)16-24(32)19-36-25/h3-9,17,21,23,25,28H,10-16,18-19H2,1-2H3/t23-,25+,28-/m1/s1. The van der Waals surface area contributed by atoms with Gasteiger partial charge in [-0.2, -0.15) is 0 Å². The van der Waals surface area contributed by atoms with E-state index in [-0.39, 0.29) is 36.4 Å². The van der Waals surface area contributed by atoms with Gasteiger partial charge in [-0.3, -0.25) is 4.79 Å². The highest BCUT2D eigenvalue weighted by Crippen LogP contribution is 2.41. The van der Waals surface area contributed by atoms with Crippen molar-refractivity contribution >= 4 is 11.8 Å². The number of piperidine rings is 2. The Balaban J connectivity index is 1.28. The lowest BCUT2D eigenvalue weighted by Gasteiger charge is -2.43.